The molecule has 0 heterocycles. The third-order valence-electron chi connectivity index (χ3n) is 19.9. The molecule has 0 saturated carbocycles. The van der Waals surface area contributed by atoms with Crippen LogP contribution in [0, 0.1) is 20.8 Å². The number of aryl methyl sites for hydroxylation is 3. The second-order valence-electron chi connectivity index (χ2n) is 27.1. The van der Waals surface area contributed by atoms with E-state index in [1.807, 2.05) is 0 Å². The molecule has 6 nitrogen and oxygen atoms in total. The van der Waals surface area contributed by atoms with E-state index in [-0.39, 0.29) is 0 Å². The molecular weight excluding hydrogens is 1290 g/mol. The molecule has 17 aromatic rings. The van der Waals surface area contributed by atoms with Gasteiger partial charge in [-0.05, 0) is 252 Å². The number of benzene rings is 17. The van der Waals surface area contributed by atoms with Crippen molar-refractivity contribution in [2.45, 2.75) is 20.8 Å². The Balaban J connectivity index is 0.000000127. The molecule has 0 atom stereocenters. The molecule has 17 rings (SSSR count). The average Bonchev–Trinajstić information content (AvgIpc) is 0.763. The van der Waals surface area contributed by atoms with Crippen LogP contribution in [0.4, 0.5) is 85.3 Å². The summed E-state index contributed by atoms with van der Waals surface area (Å²) in [5.41, 5.74) is 23.5. The maximum atomic E-state index is 2.31. The molecule has 0 fully saturated rings. The lowest BCUT2D eigenvalue weighted by Crippen LogP contribution is -2.12. The maximum absolute atomic E-state index is 2.31. The van der Waals surface area contributed by atoms with Gasteiger partial charge in [0.05, 0.1) is 5.69 Å². The third kappa shape index (κ3) is 15.2. The standard InChI is InChI=1S/2C34H28N2.C32H28N2/c1-25-16-18-30(19-17-25)36(29-12-4-3-5-13-29)31-22-20-28(21-23-31)35(2)34-32-14-8-6-10-26(32)24-27-11-7-9-15-33(27)34;1-25-12-15-32(16-13-25)36(31-10-4-3-5-11-31)33-20-18-30(19-21-33)35(2)34-17-14-28-22-26-8-6-7-9-27(26)23-29(28)24-34;1-25-16-18-30(19-17-25)34(29-13-7-4-8-14-29)31-22-20-28(21-23-31)33(2)32-15-9-12-27(24-32)26-10-5-3-6-11-26/h2*3-24H,1-2H3;3-24H,1-2H3. The molecule has 0 aromatic heterocycles. The second kappa shape index (κ2) is 31.4. The van der Waals surface area contributed by atoms with Gasteiger partial charge >= 0.3 is 0 Å². The Bertz CT molecular complexity index is 5700. The lowest BCUT2D eigenvalue weighted by atomic mass is 10.00. The maximum Gasteiger partial charge on any atom is 0.0567 e. The van der Waals surface area contributed by atoms with Crippen molar-refractivity contribution in [3.63, 3.8) is 0 Å². The summed E-state index contributed by atoms with van der Waals surface area (Å²) in [5.74, 6) is 0. The number of anilines is 15. The first-order chi connectivity index (χ1) is 52.0. The highest BCUT2D eigenvalue weighted by atomic mass is 15.2. The predicted molar refractivity (Wildman–Crippen MR) is 457 cm³/mol. The molecule has 0 spiro atoms. The van der Waals surface area contributed by atoms with Gasteiger partial charge in [0.1, 0.15) is 0 Å². The molecule has 17 aromatic carbocycles. The molecule has 0 unspecified atom stereocenters. The van der Waals surface area contributed by atoms with E-state index in [4.69, 9.17) is 0 Å². The first kappa shape index (κ1) is 68.4. The molecule has 0 saturated heterocycles. The van der Waals surface area contributed by atoms with Crippen molar-refractivity contribution < 1.29 is 0 Å². The summed E-state index contributed by atoms with van der Waals surface area (Å²) in [5, 5.41) is 10.1. The van der Waals surface area contributed by atoms with E-state index in [0.29, 0.717) is 0 Å². The minimum Gasteiger partial charge on any atom is -0.345 e. The van der Waals surface area contributed by atoms with Gasteiger partial charge in [0.2, 0.25) is 0 Å². The summed E-state index contributed by atoms with van der Waals surface area (Å²) in [7, 11) is 6.42. The Morgan fingerprint density at radius 1 is 0.160 bits per heavy atom. The van der Waals surface area contributed by atoms with Crippen LogP contribution in [-0.4, -0.2) is 21.1 Å². The minimum atomic E-state index is 1.13. The Labute approximate surface area is 624 Å². The Morgan fingerprint density at radius 3 is 0.811 bits per heavy atom. The second-order valence-corrected chi connectivity index (χ2v) is 27.1. The van der Waals surface area contributed by atoms with Crippen LogP contribution in [0.1, 0.15) is 16.7 Å². The Kier molecular flexibility index (Phi) is 20.3. The zero-order valence-electron chi connectivity index (χ0n) is 60.8. The van der Waals surface area contributed by atoms with Gasteiger partial charge in [0, 0.05) is 112 Å². The fourth-order valence-corrected chi connectivity index (χ4v) is 14.1. The normalized spacial score (nSPS) is 10.9. The van der Waals surface area contributed by atoms with Crippen LogP contribution in [0.3, 0.4) is 0 Å². The van der Waals surface area contributed by atoms with Crippen molar-refractivity contribution >= 4 is 128 Å². The van der Waals surface area contributed by atoms with Crippen molar-refractivity contribution in [3.8, 4) is 11.1 Å². The molecule has 0 aliphatic rings. The largest absolute Gasteiger partial charge is 0.345 e. The van der Waals surface area contributed by atoms with Crippen LogP contribution in [0.5, 0.6) is 0 Å². The van der Waals surface area contributed by atoms with Crippen molar-refractivity contribution in [1.29, 1.82) is 0 Å². The van der Waals surface area contributed by atoms with Gasteiger partial charge in [0.25, 0.3) is 0 Å². The van der Waals surface area contributed by atoms with Gasteiger partial charge in [-0.2, -0.15) is 0 Å². The van der Waals surface area contributed by atoms with Crippen molar-refractivity contribution in [3.05, 3.63) is 417 Å². The van der Waals surface area contributed by atoms with Crippen molar-refractivity contribution in [1.82, 2.24) is 0 Å². The van der Waals surface area contributed by atoms with E-state index < -0.39 is 0 Å². The van der Waals surface area contributed by atoms with Gasteiger partial charge in [-0.3, -0.25) is 0 Å². The monoisotopic (exact) mass is 1370 g/mol. The summed E-state index contributed by atoms with van der Waals surface area (Å²) < 4.78 is 0. The number of nitrogens with zero attached hydrogens (tertiary/aromatic N) is 6. The van der Waals surface area contributed by atoms with Crippen molar-refractivity contribution in [2.24, 2.45) is 0 Å². The molecule has 0 bridgehead atoms. The number of hydrogen-bond acceptors (Lipinski definition) is 6. The number of para-hydroxylation sites is 3. The molecule has 0 aliphatic heterocycles. The first-order valence-electron chi connectivity index (χ1n) is 36.3. The van der Waals surface area contributed by atoms with E-state index in [2.05, 4.69) is 472 Å². The van der Waals surface area contributed by atoms with Crippen LogP contribution in [0.2, 0.25) is 0 Å². The van der Waals surface area contributed by atoms with Crippen LogP contribution < -0.4 is 29.4 Å². The summed E-state index contributed by atoms with van der Waals surface area (Å²) in [6.07, 6.45) is 0. The number of fused-ring (bicyclic) bond motifs is 4. The molecule has 0 amide bonds. The molecule has 514 valence electrons. The molecular formula is C100H84N6. The molecule has 0 aliphatic carbocycles. The smallest absolute Gasteiger partial charge is 0.0567 e. The van der Waals surface area contributed by atoms with Gasteiger partial charge in [-0.15, -0.1) is 0 Å². The zero-order valence-corrected chi connectivity index (χ0v) is 60.8. The minimum absolute atomic E-state index is 1.13. The van der Waals surface area contributed by atoms with E-state index in [1.54, 1.807) is 0 Å². The summed E-state index contributed by atoms with van der Waals surface area (Å²) in [6, 6.07) is 143. The quantitative estimate of drug-likeness (QED) is 0.0892. The van der Waals surface area contributed by atoms with E-state index in [9.17, 15) is 0 Å². The highest BCUT2D eigenvalue weighted by Crippen LogP contribution is 2.43. The number of rotatable bonds is 16. The first-order valence-corrected chi connectivity index (χ1v) is 36.3. The van der Waals surface area contributed by atoms with Gasteiger partial charge < -0.3 is 29.4 Å². The highest BCUT2D eigenvalue weighted by molar-refractivity contribution is 6.12. The Morgan fingerprint density at radius 2 is 0.415 bits per heavy atom. The summed E-state index contributed by atoms with van der Waals surface area (Å²) in [6.45, 7) is 6.36. The summed E-state index contributed by atoms with van der Waals surface area (Å²) in [4.78, 5) is 13.7. The highest BCUT2D eigenvalue weighted by Gasteiger charge is 2.19. The molecule has 0 radical (unpaired) electrons. The average molecular weight is 1370 g/mol. The third-order valence-corrected chi connectivity index (χ3v) is 19.9. The Hall–Kier alpha value is -13.4. The van der Waals surface area contributed by atoms with Crippen LogP contribution in [-0.2, 0) is 0 Å². The van der Waals surface area contributed by atoms with E-state index >= 15 is 0 Å². The van der Waals surface area contributed by atoms with Crippen LogP contribution in [0.15, 0.2) is 400 Å². The summed E-state index contributed by atoms with van der Waals surface area (Å²) >= 11 is 0. The SMILES string of the molecule is Cc1ccc(N(c2ccccc2)c2ccc(N(C)c3c4ccccc4cc4ccccc34)cc2)cc1.Cc1ccc(N(c2ccccc2)c2ccc(N(C)c3ccc4cc5ccccc5cc4c3)cc2)cc1.Cc1ccc(N(c2ccccc2)c2ccc(N(C)c3cccc(-c4ccccc4)c3)cc2)cc1. The fraction of sp³-hybridized carbons (Fsp3) is 0.0600. The van der Waals surface area contributed by atoms with Gasteiger partial charge in [-0.1, -0.05) is 229 Å². The van der Waals surface area contributed by atoms with Gasteiger partial charge in [0.15, 0.2) is 0 Å². The fourth-order valence-electron chi connectivity index (χ4n) is 14.1. The van der Waals surface area contributed by atoms with E-state index in [1.165, 1.54) is 82.3 Å². The molecule has 6 heteroatoms. The molecule has 106 heavy (non-hydrogen) atoms. The topological polar surface area (TPSA) is 19.4 Å². The van der Waals surface area contributed by atoms with Crippen molar-refractivity contribution in [2.75, 3.05) is 50.5 Å². The predicted octanol–water partition coefficient (Wildman–Crippen LogP) is 28.0. The lowest BCUT2D eigenvalue weighted by molar-refractivity contribution is 1.20. The van der Waals surface area contributed by atoms with Crippen LogP contribution in [0.25, 0.3) is 54.2 Å². The lowest BCUT2D eigenvalue weighted by Gasteiger charge is -2.27. The zero-order chi connectivity index (χ0) is 72.3. The number of hydrogen-bond donors (Lipinski definition) is 0. The van der Waals surface area contributed by atoms with Gasteiger partial charge in [-0.25, -0.2) is 0 Å². The van der Waals surface area contributed by atoms with Crippen LogP contribution >= 0.6 is 0 Å². The van der Waals surface area contributed by atoms with E-state index in [0.717, 1.165) is 73.9 Å². The molecule has 0 N–H and O–H groups in total.